The van der Waals surface area contributed by atoms with Crippen LogP contribution in [0.1, 0.15) is 39.0 Å². The fraction of sp³-hybridized carbons (Fsp3) is 0.565. The van der Waals surface area contributed by atoms with Crippen LogP contribution in [0.15, 0.2) is 35.9 Å². The van der Waals surface area contributed by atoms with Crippen molar-refractivity contribution >= 4 is 23.4 Å². The number of carbonyl (C=O) groups excluding carboxylic acids is 2. The van der Waals surface area contributed by atoms with E-state index in [2.05, 4.69) is 5.32 Å². The first kappa shape index (κ1) is 25.2. The lowest BCUT2D eigenvalue weighted by Crippen LogP contribution is -2.47. The highest BCUT2D eigenvalue weighted by Crippen LogP contribution is 2.30. The average molecular weight is 453 g/mol. The van der Waals surface area contributed by atoms with E-state index >= 15 is 0 Å². The number of unbranched alkanes of at least 4 members (excludes halogenated alkanes) is 1. The van der Waals surface area contributed by atoms with E-state index in [0.29, 0.717) is 48.8 Å². The van der Waals surface area contributed by atoms with Crippen molar-refractivity contribution in [3.05, 3.63) is 40.9 Å². The van der Waals surface area contributed by atoms with Gasteiger partial charge in [-0.05, 0) is 31.1 Å². The number of halogens is 1. The molecule has 0 saturated carbocycles. The monoisotopic (exact) mass is 452 g/mol. The molecule has 0 bridgehead atoms. The highest BCUT2D eigenvalue weighted by molar-refractivity contribution is 6.32. The first-order valence-corrected chi connectivity index (χ1v) is 11.2. The summed E-state index contributed by atoms with van der Waals surface area (Å²) in [4.78, 5) is 27.4. The smallest absolute Gasteiger partial charge is 0.247 e. The zero-order valence-corrected chi connectivity index (χ0v) is 19.1. The number of amides is 2. The van der Waals surface area contributed by atoms with Crippen LogP contribution in [-0.4, -0.2) is 67.4 Å². The lowest BCUT2D eigenvalue weighted by molar-refractivity contribution is -0.135. The summed E-state index contributed by atoms with van der Waals surface area (Å²) in [6.45, 7) is 2.94. The predicted molar refractivity (Wildman–Crippen MR) is 120 cm³/mol. The molecule has 0 aliphatic heterocycles. The number of hydrogen-bond donors (Lipinski definition) is 2. The lowest BCUT2D eigenvalue weighted by Gasteiger charge is -2.37. The molecule has 2 rings (SSSR count). The number of aliphatic hydroxyl groups is 1. The minimum Gasteiger partial charge on any atom is -0.485 e. The highest BCUT2D eigenvalue weighted by atomic mass is 35.5. The van der Waals surface area contributed by atoms with E-state index in [0.717, 1.165) is 12.8 Å². The summed E-state index contributed by atoms with van der Waals surface area (Å²) in [6, 6.07) is 6.97. The number of methoxy groups -OCH3 is 1. The van der Waals surface area contributed by atoms with Gasteiger partial charge in [-0.25, -0.2) is 0 Å². The first-order valence-electron chi connectivity index (χ1n) is 10.8. The molecule has 1 aromatic rings. The van der Waals surface area contributed by atoms with Gasteiger partial charge in [-0.2, -0.15) is 0 Å². The zero-order chi connectivity index (χ0) is 22.6. The van der Waals surface area contributed by atoms with E-state index in [1.165, 1.54) is 0 Å². The van der Waals surface area contributed by atoms with Crippen LogP contribution in [-0.2, 0) is 14.3 Å². The summed E-state index contributed by atoms with van der Waals surface area (Å²) < 4.78 is 11.3. The van der Waals surface area contributed by atoms with Crippen LogP contribution >= 0.6 is 11.6 Å². The molecule has 0 heterocycles. The van der Waals surface area contributed by atoms with Crippen LogP contribution in [0.3, 0.4) is 0 Å². The van der Waals surface area contributed by atoms with Crippen molar-refractivity contribution in [2.45, 2.75) is 51.2 Å². The Morgan fingerprint density at radius 1 is 1.32 bits per heavy atom. The van der Waals surface area contributed by atoms with Crippen LogP contribution in [0, 0.1) is 0 Å². The van der Waals surface area contributed by atoms with Crippen molar-refractivity contribution in [2.75, 3.05) is 33.4 Å². The van der Waals surface area contributed by atoms with Gasteiger partial charge in [0.2, 0.25) is 11.8 Å². The Kier molecular flexibility index (Phi) is 10.8. The number of hydrogen-bond acceptors (Lipinski definition) is 5. The Hall–Kier alpha value is -2.09. The molecule has 2 atom stereocenters. The molecule has 1 aliphatic rings. The van der Waals surface area contributed by atoms with Crippen molar-refractivity contribution in [1.82, 2.24) is 10.2 Å². The number of benzene rings is 1. The highest BCUT2D eigenvalue weighted by Gasteiger charge is 2.33. The van der Waals surface area contributed by atoms with Crippen molar-refractivity contribution in [2.24, 2.45) is 0 Å². The number of carbonyl (C=O) groups is 2. The van der Waals surface area contributed by atoms with Gasteiger partial charge in [-0.3, -0.25) is 9.59 Å². The van der Waals surface area contributed by atoms with Crippen LogP contribution < -0.4 is 10.1 Å². The van der Waals surface area contributed by atoms with Crippen molar-refractivity contribution in [1.29, 1.82) is 0 Å². The molecule has 1 aliphatic carbocycles. The molecule has 31 heavy (non-hydrogen) atoms. The molecule has 8 heteroatoms. The Morgan fingerprint density at radius 2 is 2.10 bits per heavy atom. The molecule has 0 fully saturated rings. The molecule has 0 aromatic heterocycles. The first-order chi connectivity index (χ1) is 15.0. The fourth-order valence-corrected chi connectivity index (χ4v) is 3.79. The molecule has 0 spiro atoms. The Bertz CT molecular complexity index is 755. The van der Waals surface area contributed by atoms with E-state index in [1.54, 1.807) is 25.3 Å². The van der Waals surface area contributed by atoms with Crippen LogP contribution in [0.25, 0.3) is 0 Å². The van der Waals surface area contributed by atoms with Gasteiger partial charge >= 0.3 is 0 Å². The van der Waals surface area contributed by atoms with E-state index in [-0.39, 0.29) is 31.0 Å². The summed E-state index contributed by atoms with van der Waals surface area (Å²) in [5.41, 5.74) is 0.535. The van der Waals surface area contributed by atoms with Gasteiger partial charge in [0, 0.05) is 44.7 Å². The number of para-hydroxylation sites is 1. The standard InChI is InChI=1S/C23H33ClN2O5/c1-3-4-9-22(28)26(11-13-30-2)18-14-17(23(29)25-10-12-27)15-19(16-18)31-21-8-6-5-7-20(21)24/h5-8,15,18-19,27H,3-4,9-14,16H2,1-2H3,(H,25,29). The quantitative estimate of drug-likeness (QED) is 0.509. The Morgan fingerprint density at radius 3 is 2.77 bits per heavy atom. The Balaban J connectivity index is 2.26. The molecule has 0 radical (unpaired) electrons. The molecule has 0 saturated heterocycles. The van der Waals surface area contributed by atoms with Gasteiger partial charge < -0.3 is 24.8 Å². The van der Waals surface area contributed by atoms with Crippen LogP contribution in [0.2, 0.25) is 5.02 Å². The third kappa shape index (κ3) is 7.83. The van der Waals surface area contributed by atoms with E-state index in [4.69, 9.17) is 26.2 Å². The molecule has 172 valence electrons. The largest absolute Gasteiger partial charge is 0.485 e. The summed E-state index contributed by atoms with van der Waals surface area (Å²) in [5, 5.41) is 12.2. The molecule has 7 nitrogen and oxygen atoms in total. The van der Waals surface area contributed by atoms with E-state index in [9.17, 15) is 9.59 Å². The molecular formula is C23H33ClN2O5. The van der Waals surface area contributed by atoms with Crippen molar-refractivity contribution in [3.63, 3.8) is 0 Å². The summed E-state index contributed by atoms with van der Waals surface area (Å²) in [5.74, 6) is 0.318. The maximum absolute atomic E-state index is 12.9. The summed E-state index contributed by atoms with van der Waals surface area (Å²) >= 11 is 6.25. The third-order valence-corrected chi connectivity index (χ3v) is 5.50. The molecule has 2 amide bonds. The average Bonchev–Trinajstić information content (AvgIpc) is 2.77. The van der Waals surface area contributed by atoms with Crippen LogP contribution in [0.5, 0.6) is 5.75 Å². The fourth-order valence-electron chi connectivity index (χ4n) is 3.61. The third-order valence-electron chi connectivity index (χ3n) is 5.19. The SMILES string of the molecule is CCCCC(=O)N(CCOC)C1CC(C(=O)NCCO)=CC(Oc2ccccc2Cl)C1. The minimum atomic E-state index is -0.419. The van der Waals surface area contributed by atoms with Gasteiger partial charge in [0.15, 0.2) is 0 Å². The second kappa shape index (κ2) is 13.3. The van der Waals surface area contributed by atoms with Gasteiger partial charge in [0.25, 0.3) is 0 Å². The maximum atomic E-state index is 12.9. The number of nitrogens with one attached hydrogen (secondary N) is 1. The van der Waals surface area contributed by atoms with E-state index < -0.39 is 6.10 Å². The lowest BCUT2D eigenvalue weighted by atomic mass is 9.90. The zero-order valence-electron chi connectivity index (χ0n) is 18.3. The van der Waals surface area contributed by atoms with Crippen molar-refractivity contribution < 1.29 is 24.2 Å². The van der Waals surface area contributed by atoms with Gasteiger partial charge in [-0.15, -0.1) is 0 Å². The van der Waals surface area contributed by atoms with Gasteiger partial charge in [-0.1, -0.05) is 37.1 Å². The predicted octanol–water partition coefficient (Wildman–Crippen LogP) is 2.95. The second-order valence-corrected chi connectivity index (χ2v) is 7.94. The minimum absolute atomic E-state index is 0.0532. The van der Waals surface area contributed by atoms with Crippen molar-refractivity contribution in [3.8, 4) is 5.75 Å². The topological polar surface area (TPSA) is 88.1 Å². The molecular weight excluding hydrogens is 420 g/mol. The summed E-state index contributed by atoms with van der Waals surface area (Å²) in [7, 11) is 1.60. The Labute approximate surface area is 189 Å². The van der Waals surface area contributed by atoms with Gasteiger partial charge in [0.05, 0.1) is 18.2 Å². The second-order valence-electron chi connectivity index (χ2n) is 7.54. The van der Waals surface area contributed by atoms with Crippen LogP contribution in [0.4, 0.5) is 0 Å². The molecule has 2 N–H and O–H groups in total. The molecule has 1 aromatic carbocycles. The number of rotatable bonds is 12. The van der Waals surface area contributed by atoms with E-state index in [1.807, 2.05) is 24.0 Å². The normalized spacial score (nSPS) is 18.3. The molecule has 2 unspecified atom stereocenters. The number of nitrogens with zero attached hydrogens (tertiary/aromatic N) is 1. The van der Waals surface area contributed by atoms with Gasteiger partial charge in [0.1, 0.15) is 11.9 Å². The number of aliphatic hydroxyl groups excluding tert-OH is 1. The maximum Gasteiger partial charge on any atom is 0.247 e. The number of ether oxygens (including phenoxy) is 2. The summed E-state index contributed by atoms with van der Waals surface area (Å²) in [6.07, 6.45) is 4.54.